The van der Waals surface area contributed by atoms with E-state index in [2.05, 4.69) is 37.3 Å². The number of carbonyl (C=O) groups excluding carboxylic acids is 2. The van der Waals surface area contributed by atoms with E-state index in [4.69, 9.17) is 4.74 Å². The molecular weight excluding hydrogens is 458 g/mol. The molecule has 1 aromatic heterocycles. The summed E-state index contributed by atoms with van der Waals surface area (Å²) in [6.07, 6.45) is 13.8. The van der Waals surface area contributed by atoms with Gasteiger partial charge in [0, 0.05) is 51.6 Å². The van der Waals surface area contributed by atoms with E-state index in [9.17, 15) is 9.59 Å². The number of aromatic nitrogens is 4. The summed E-state index contributed by atoms with van der Waals surface area (Å²) in [5.41, 5.74) is -0.320. The summed E-state index contributed by atoms with van der Waals surface area (Å²) in [5.74, 6) is 1.24. The predicted molar refractivity (Wildman–Crippen MR) is 134 cm³/mol. The normalized spacial score (nSPS) is 26.0. The van der Waals surface area contributed by atoms with Gasteiger partial charge in [0.2, 0.25) is 5.91 Å². The maximum Gasteiger partial charge on any atom is 0.410 e. The van der Waals surface area contributed by atoms with E-state index < -0.39 is 0 Å². The molecule has 0 bridgehead atoms. The number of piperidine rings is 2. The Bertz CT molecular complexity index is 857. The Kier molecular flexibility index (Phi) is 8.08. The Morgan fingerprint density at radius 1 is 1.08 bits per heavy atom. The lowest BCUT2D eigenvalue weighted by molar-refractivity contribution is -0.132. The van der Waals surface area contributed by atoms with Crippen molar-refractivity contribution >= 4 is 12.0 Å². The molecule has 3 saturated heterocycles. The van der Waals surface area contributed by atoms with Crippen LogP contribution in [-0.4, -0.2) is 97.7 Å². The number of hydrogen-bond donors (Lipinski definition) is 1. The van der Waals surface area contributed by atoms with Gasteiger partial charge >= 0.3 is 6.09 Å². The fraction of sp³-hybridized carbons (Fsp3) is 0.885. The Morgan fingerprint density at radius 3 is 2.50 bits per heavy atom. The first kappa shape index (κ1) is 25.4. The highest BCUT2D eigenvalue weighted by Gasteiger charge is 2.55. The molecule has 3 aliphatic heterocycles. The topological polar surface area (TPSA) is 108 Å². The van der Waals surface area contributed by atoms with Crippen molar-refractivity contribution < 1.29 is 14.3 Å². The number of rotatable bonds is 8. The van der Waals surface area contributed by atoms with Crippen molar-refractivity contribution in [3.8, 4) is 0 Å². The van der Waals surface area contributed by atoms with Gasteiger partial charge in [-0.05, 0) is 48.4 Å². The fourth-order valence-electron chi connectivity index (χ4n) is 7.07. The van der Waals surface area contributed by atoms with Crippen LogP contribution in [0.25, 0.3) is 0 Å². The van der Waals surface area contributed by atoms with Crippen LogP contribution in [0.2, 0.25) is 0 Å². The maximum atomic E-state index is 13.1. The minimum Gasteiger partial charge on any atom is -0.440 e. The summed E-state index contributed by atoms with van der Waals surface area (Å²) in [4.78, 5) is 32.4. The minimum absolute atomic E-state index is 0.0658. The number of nitrogens with zero attached hydrogens (tertiary/aromatic N) is 6. The van der Waals surface area contributed by atoms with Crippen molar-refractivity contribution in [2.75, 3.05) is 32.7 Å². The second-order valence-electron chi connectivity index (χ2n) is 11.4. The van der Waals surface area contributed by atoms with Crippen LogP contribution in [0.15, 0.2) is 0 Å². The zero-order valence-electron chi connectivity index (χ0n) is 21.9. The molecule has 4 fully saturated rings. The summed E-state index contributed by atoms with van der Waals surface area (Å²) in [6.45, 7) is 6.60. The fourth-order valence-corrected chi connectivity index (χ4v) is 7.07. The largest absolute Gasteiger partial charge is 0.440 e. The Balaban J connectivity index is 1.15. The highest BCUT2D eigenvalue weighted by Crippen LogP contribution is 2.42. The van der Waals surface area contributed by atoms with Gasteiger partial charge in [-0.1, -0.05) is 39.0 Å². The van der Waals surface area contributed by atoms with Gasteiger partial charge in [-0.2, -0.15) is 0 Å². The van der Waals surface area contributed by atoms with Gasteiger partial charge in [0.15, 0.2) is 5.82 Å². The molecule has 2 amide bonds. The highest BCUT2D eigenvalue weighted by molar-refractivity contribution is 5.78. The number of tetrazole rings is 1. The molecule has 10 heteroatoms. The third kappa shape index (κ3) is 5.53. The maximum absolute atomic E-state index is 13.1. The number of hydrogen-bond acceptors (Lipinski definition) is 7. The number of unbranched alkanes of at least 4 members (excludes halogenated alkanes) is 1. The third-order valence-electron chi connectivity index (χ3n) is 9.21. The summed E-state index contributed by atoms with van der Waals surface area (Å²) in [6, 6.07) is 0.710. The van der Waals surface area contributed by atoms with E-state index in [1.54, 1.807) is 0 Å². The second-order valence-corrected chi connectivity index (χ2v) is 11.4. The number of amides is 2. The summed E-state index contributed by atoms with van der Waals surface area (Å²) >= 11 is 0. The number of H-pyrrole nitrogens is 1. The van der Waals surface area contributed by atoms with Crippen molar-refractivity contribution in [1.82, 2.24) is 35.3 Å². The van der Waals surface area contributed by atoms with Gasteiger partial charge in [-0.25, -0.2) is 9.89 Å². The SMILES string of the molecule is CCCCC1N(CC2CCCCC2)C(=O)OC12CCN(C1CCN(C(=O)Cc3nnn[nH]3)CC1)CC2. The number of aromatic amines is 1. The lowest BCUT2D eigenvalue weighted by Crippen LogP contribution is -2.56. The van der Waals surface area contributed by atoms with Gasteiger partial charge < -0.3 is 14.5 Å². The van der Waals surface area contributed by atoms with E-state index >= 15 is 0 Å². The van der Waals surface area contributed by atoms with Crippen LogP contribution in [0.5, 0.6) is 0 Å². The molecule has 0 radical (unpaired) electrons. The van der Waals surface area contributed by atoms with Gasteiger partial charge in [0.25, 0.3) is 0 Å². The predicted octanol–water partition coefficient (Wildman–Crippen LogP) is 3.16. The first-order valence-corrected chi connectivity index (χ1v) is 14.3. The molecule has 0 aromatic carbocycles. The minimum atomic E-state index is -0.320. The summed E-state index contributed by atoms with van der Waals surface area (Å²) in [5, 5.41) is 13.6. The van der Waals surface area contributed by atoms with Crippen LogP contribution < -0.4 is 0 Å². The first-order chi connectivity index (χ1) is 17.6. The van der Waals surface area contributed by atoms with Crippen LogP contribution in [0.3, 0.4) is 0 Å². The number of ether oxygens (including phenoxy) is 1. The number of carbonyl (C=O) groups is 2. The van der Waals surface area contributed by atoms with Crippen LogP contribution in [0.1, 0.15) is 89.8 Å². The zero-order valence-corrected chi connectivity index (χ0v) is 21.9. The molecule has 200 valence electrons. The van der Waals surface area contributed by atoms with E-state index in [1.165, 1.54) is 32.1 Å². The lowest BCUT2D eigenvalue weighted by atomic mass is 9.80. The zero-order chi connectivity index (χ0) is 25.0. The summed E-state index contributed by atoms with van der Waals surface area (Å²) in [7, 11) is 0. The molecule has 1 aromatic rings. The molecule has 1 unspecified atom stereocenters. The van der Waals surface area contributed by atoms with Gasteiger partial charge in [-0.15, -0.1) is 5.10 Å². The molecule has 36 heavy (non-hydrogen) atoms. The Labute approximate surface area is 214 Å². The van der Waals surface area contributed by atoms with Crippen molar-refractivity contribution in [2.24, 2.45) is 5.92 Å². The summed E-state index contributed by atoms with van der Waals surface area (Å²) < 4.78 is 6.28. The smallest absolute Gasteiger partial charge is 0.410 e. The van der Waals surface area contributed by atoms with Crippen molar-refractivity contribution in [2.45, 2.75) is 108 Å². The lowest BCUT2D eigenvalue weighted by Gasteiger charge is -2.46. The molecule has 1 saturated carbocycles. The molecule has 1 atom stereocenters. The number of likely N-dealkylation sites (tertiary alicyclic amines) is 2. The van der Waals surface area contributed by atoms with Crippen molar-refractivity contribution in [3.63, 3.8) is 0 Å². The van der Waals surface area contributed by atoms with Gasteiger partial charge in [0.05, 0.1) is 12.5 Å². The Morgan fingerprint density at radius 2 is 1.83 bits per heavy atom. The van der Waals surface area contributed by atoms with E-state index in [0.717, 1.165) is 77.7 Å². The van der Waals surface area contributed by atoms with Crippen LogP contribution in [0, 0.1) is 5.92 Å². The van der Waals surface area contributed by atoms with E-state index in [-0.39, 0.29) is 30.1 Å². The molecule has 4 heterocycles. The van der Waals surface area contributed by atoms with Crippen LogP contribution in [-0.2, 0) is 16.0 Å². The van der Waals surface area contributed by atoms with Gasteiger partial charge in [-0.3, -0.25) is 9.69 Å². The molecule has 4 aliphatic rings. The van der Waals surface area contributed by atoms with E-state index in [1.807, 2.05) is 4.90 Å². The van der Waals surface area contributed by atoms with Crippen molar-refractivity contribution in [1.29, 1.82) is 0 Å². The van der Waals surface area contributed by atoms with E-state index in [0.29, 0.717) is 17.8 Å². The monoisotopic (exact) mass is 501 g/mol. The molecule has 5 rings (SSSR count). The average Bonchev–Trinajstić information content (AvgIpc) is 3.50. The molecule has 1 spiro atoms. The highest BCUT2D eigenvalue weighted by atomic mass is 16.6. The first-order valence-electron chi connectivity index (χ1n) is 14.3. The second kappa shape index (κ2) is 11.4. The van der Waals surface area contributed by atoms with Gasteiger partial charge in [0.1, 0.15) is 5.60 Å². The third-order valence-corrected chi connectivity index (χ3v) is 9.21. The molecular formula is C26H43N7O3. The van der Waals surface area contributed by atoms with Crippen LogP contribution in [0.4, 0.5) is 4.79 Å². The molecule has 10 nitrogen and oxygen atoms in total. The Hall–Kier alpha value is -2.23. The number of nitrogens with one attached hydrogen (secondary N) is 1. The average molecular weight is 502 g/mol. The molecule has 1 N–H and O–H groups in total. The van der Waals surface area contributed by atoms with Crippen LogP contribution >= 0.6 is 0 Å². The standard InChI is InChI=1S/C26H43N7O3/c1-2-3-9-22-26(36-25(35)33(22)19-20-7-5-4-6-8-20)12-16-31(17-13-26)21-10-14-32(15-11-21)24(34)18-23-27-29-30-28-23/h20-22H,2-19H2,1H3,(H,27,28,29,30). The quantitative estimate of drug-likeness (QED) is 0.583. The molecule has 1 aliphatic carbocycles. The van der Waals surface area contributed by atoms with Crippen molar-refractivity contribution in [3.05, 3.63) is 5.82 Å².